The van der Waals surface area contributed by atoms with Gasteiger partial charge < -0.3 is 10.2 Å². The second kappa shape index (κ2) is 3.90. The van der Waals surface area contributed by atoms with Crippen LogP contribution in [0.15, 0.2) is 0 Å². The summed E-state index contributed by atoms with van der Waals surface area (Å²) in [5.74, 6) is 0.636. The molecule has 2 nitrogen and oxygen atoms in total. The highest BCUT2D eigenvalue weighted by molar-refractivity contribution is 6.69. The fourth-order valence-electron chi connectivity index (χ4n) is 1.88. The summed E-state index contributed by atoms with van der Waals surface area (Å²) in [6.07, 6.45) is 4.27. The zero-order valence-electron chi connectivity index (χ0n) is 8.47. The SMILES string of the molecule is C[Si](C)(C)OC1CCCC1CN. The van der Waals surface area contributed by atoms with Crippen molar-refractivity contribution in [1.82, 2.24) is 0 Å². The molecule has 1 rings (SSSR count). The van der Waals surface area contributed by atoms with Gasteiger partial charge in [0.05, 0.1) is 0 Å². The molecular weight excluding hydrogens is 166 g/mol. The van der Waals surface area contributed by atoms with Crippen LogP contribution in [0.3, 0.4) is 0 Å². The molecule has 0 saturated heterocycles. The molecule has 0 spiro atoms. The Kier molecular flexibility index (Phi) is 3.32. The molecule has 0 aromatic heterocycles. The predicted molar refractivity (Wildman–Crippen MR) is 54.6 cm³/mol. The molecule has 0 aromatic rings. The van der Waals surface area contributed by atoms with Crippen LogP contribution >= 0.6 is 0 Å². The van der Waals surface area contributed by atoms with Crippen molar-refractivity contribution in [2.75, 3.05) is 6.54 Å². The Morgan fingerprint density at radius 2 is 2.00 bits per heavy atom. The Labute approximate surface area is 76.6 Å². The highest BCUT2D eigenvalue weighted by Crippen LogP contribution is 2.29. The summed E-state index contributed by atoms with van der Waals surface area (Å²) in [5, 5.41) is 0. The second-order valence-electron chi connectivity index (χ2n) is 4.70. The summed E-state index contributed by atoms with van der Waals surface area (Å²) in [7, 11) is -1.34. The molecule has 72 valence electrons. The van der Waals surface area contributed by atoms with Crippen molar-refractivity contribution in [2.45, 2.75) is 45.0 Å². The summed E-state index contributed by atoms with van der Waals surface area (Å²) in [5.41, 5.74) is 5.68. The van der Waals surface area contributed by atoms with E-state index in [4.69, 9.17) is 10.2 Å². The molecule has 0 heterocycles. The largest absolute Gasteiger partial charge is 0.414 e. The Morgan fingerprint density at radius 3 is 2.50 bits per heavy atom. The van der Waals surface area contributed by atoms with Crippen molar-refractivity contribution in [3.8, 4) is 0 Å². The second-order valence-corrected chi connectivity index (χ2v) is 9.16. The molecule has 1 aliphatic rings. The number of nitrogens with two attached hydrogens (primary N) is 1. The van der Waals surface area contributed by atoms with E-state index in [-0.39, 0.29) is 0 Å². The molecule has 2 atom stereocenters. The van der Waals surface area contributed by atoms with E-state index in [1.807, 2.05) is 0 Å². The lowest BCUT2D eigenvalue weighted by molar-refractivity contribution is 0.155. The van der Waals surface area contributed by atoms with Crippen molar-refractivity contribution in [2.24, 2.45) is 11.7 Å². The molecule has 0 bridgehead atoms. The van der Waals surface area contributed by atoms with Gasteiger partial charge in [-0.15, -0.1) is 0 Å². The maximum atomic E-state index is 6.06. The summed E-state index contributed by atoms with van der Waals surface area (Å²) in [4.78, 5) is 0. The minimum Gasteiger partial charge on any atom is -0.414 e. The fourth-order valence-corrected chi connectivity index (χ4v) is 3.10. The molecule has 0 aromatic carbocycles. The van der Waals surface area contributed by atoms with Crippen LogP contribution in [-0.2, 0) is 4.43 Å². The molecule has 2 unspecified atom stereocenters. The molecule has 0 radical (unpaired) electrons. The molecule has 0 amide bonds. The van der Waals surface area contributed by atoms with Gasteiger partial charge in [0.2, 0.25) is 0 Å². The first kappa shape index (κ1) is 10.2. The Morgan fingerprint density at radius 1 is 1.33 bits per heavy atom. The van der Waals surface area contributed by atoms with E-state index in [0.717, 1.165) is 6.54 Å². The fraction of sp³-hybridized carbons (Fsp3) is 1.00. The van der Waals surface area contributed by atoms with Gasteiger partial charge >= 0.3 is 0 Å². The van der Waals surface area contributed by atoms with Gasteiger partial charge in [0.25, 0.3) is 0 Å². The van der Waals surface area contributed by atoms with E-state index in [0.29, 0.717) is 12.0 Å². The van der Waals surface area contributed by atoms with Crippen LogP contribution in [0.1, 0.15) is 19.3 Å². The lowest BCUT2D eigenvalue weighted by Gasteiger charge is -2.27. The van der Waals surface area contributed by atoms with Crippen LogP contribution in [0, 0.1) is 5.92 Å². The first-order valence-corrected chi connectivity index (χ1v) is 8.31. The third-order valence-electron chi connectivity index (χ3n) is 2.40. The summed E-state index contributed by atoms with van der Waals surface area (Å²) in [6.45, 7) is 7.55. The van der Waals surface area contributed by atoms with E-state index in [9.17, 15) is 0 Å². The summed E-state index contributed by atoms with van der Waals surface area (Å²) < 4.78 is 6.06. The highest BCUT2D eigenvalue weighted by atomic mass is 28.4. The minimum absolute atomic E-state index is 0.474. The van der Waals surface area contributed by atoms with Crippen molar-refractivity contribution < 1.29 is 4.43 Å². The minimum atomic E-state index is -1.34. The normalized spacial score (nSPS) is 31.0. The molecular formula is C9H21NOSi. The Hall–Kier alpha value is 0.137. The first-order chi connectivity index (χ1) is 5.53. The van der Waals surface area contributed by atoms with Gasteiger partial charge in [-0.3, -0.25) is 0 Å². The average molecular weight is 187 g/mol. The van der Waals surface area contributed by atoms with E-state index < -0.39 is 8.32 Å². The molecule has 0 aliphatic heterocycles. The van der Waals surface area contributed by atoms with Crippen molar-refractivity contribution >= 4 is 8.32 Å². The van der Waals surface area contributed by atoms with Gasteiger partial charge in [0.1, 0.15) is 0 Å². The standard InChI is InChI=1S/C9H21NOSi/c1-12(2,3)11-9-6-4-5-8(9)7-10/h8-9H,4-7,10H2,1-3H3. The van der Waals surface area contributed by atoms with Crippen LogP contribution < -0.4 is 5.73 Å². The monoisotopic (exact) mass is 187 g/mol. The quantitative estimate of drug-likeness (QED) is 0.686. The van der Waals surface area contributed by atoms with Gasteiger partial charge in [0.15, 0.2) is 8.32 Å². The average Bonchev–Trinajstić information content (AvgIpc) is 2.31. The summed E-state index contributed by atoms with van der Waals surface area (Å²) >= 11 is 0. The van der Waals surface area contributed by atoms with Crippen molar-refractivity contribution in [3.63, 3.8) is 0 Å². The van der Waals surface area contributed by atoms with Gasteiger partial charge in [-0.25, -0.2) is 0 Å². The van der Waals surface area contributed by atoms with Gasteiger partial charge in [-0.05, 0) is 44.9 Å². The Bertz CT molecular complexity index is 144. The zero-order chi connectivity index (χ0) is 9.19. The van der Waals surface area contributed by atoms with Gasteiger partial charge in [-0.1, -0.05) is 6.42 Å². The van der Waals surface area contributed by atoms with Crippen molar-refractivity contribution in [3.05, 3.63) is 0 Å². The van der Waals surface area contributed by atoms with E-state index >= 15 is 0 Å². The van der Waals surface area contributed by atoms with Gasteiger partial charge in [-0.2, -0.15) is 0 Å². The third-order valence-corrected chi connectivity index (χ3v) is 3.41. The third kappa shape index (κ3) is 2.88. The zero-order valence-corrected chi connectivity index (χ0v) is 9.47. The van der Waals surface area contributed by atoms with Crippen LogP contribution in [0.2, 0.25) is 19.6 Å². The van der Waals surface area contributed by atoms with Crippen LogP contribution in [0.5, 0.6) is 0 Å². The maximum Gasteiger partial charge on any atom is 0.184 e. The molecule has 1 fully saturated rings. The van der Waals surface area contributed by atoms with Gasteiger partial charge in [0, 0.05) is 6.10 Å². The van der Waals surface area contributed by atoms with Crippen LogP contribution in [-0.4, -0.2) is 21.0 Å². The highest BCUT2D eigenvalue weighted by Gasteiger charge is 2.30. The number of hydrogen-bond donors (Lipinski definition) is 1. The summed E-state index contributed by atoms with van der Waals surface area (Å²) in [6, 6.07) is 0. The molecule has 2 N–H and O–H groups in total. The molecule has 1 aliphatic carbocycles. The Balaban J connectivity index is 2.41. The predicted octanol–water partition coefficient (Wildman–Crippen LogP) is 1.97. The van der Waals surface area contributed by atoms with E-state index in [1.165, 1.54) is 19.3 Å². The topological polar surface area (TPSA) is 35.2 Å². The molecule has 3 heteroatoms. The molecule has 12 heavy (non-hydrogen) atoms. The lowest BCUT2D eigenvalue weighted by atomic mass is 10.1. The maximum absolute atomic E-state index is 6.06. The number of hydrogen-bond acceptors (Lipinski definition) is 2. The lowest BCUT2D eigenvalue weighted by Crippen LogP contribution is -2.36. The van der Waals surface area contributed by atoms with E-state index in [2.05, 4.69) is 19.6 Å². The first-order valence-electron chi connectivity index (χ1n) is 4.91. The molecule has 1 saturated carbocycles. The number of rotatable bonds is 3. The van der Waals surface area contributed by atoms with Crippen LogP contribution in [0.25, 0.3) is 0 Å². The smallest absolute Gasteiger partial charge is 0.184 e. The van der Waals surface area contributed by atoms with Crippen molar-refractivity contribution in [1.29, 1.82) is 0 Å². The van der Waals surface area contributed by atoms with E-state index in [1.54, 1.807) is 0 Å². The van der Waals surface area contributed by atoms with Crippen LogP contribution in [0.4, 0.5) is 0 Å².